The van der Waals surface area contributed by atoms with Gasteiger partial charge >= 0.3 is 0 Å². The predicted octanol–water partition coefficient (Wildman–Crippen LogP) is 15.2. The Hall–Kier alpha value is -7.68. The zero-order valence-electron chi connectivity index (χ0n) is 31.5. The first kappa shape index (κ1) is 32.6. The second-order valence-electron chi connectivity index (χ2n) is 15.3. The Kier molecular flexibility index (Phi) is 7.26. The largest absolute Gasteiger partial charge is 0.256 e. The minimum atomic E-state index is 0.961. The lowest BCUT2D eigenvalue weighted by Crippen LogP contribution is -1.95. The summed E-state index contributed by atoms with van der Waals surface area (Å²) in [5.41, 5.74) is 11.2. The molecule has 0 bridgehead atoms. The van der Waals surface area contributed by atoms with E-state index in [1.165, 1.54) is 65.2 Å². The molecule has 0 fully saturated rings. The van der Waals surface area contributed by atoms with E-state index < -0.39 is 0 Å². The third kappa shape index (κ3) is 5.05. The monoisotopic (exact) mass is 734 g/mol. The Morgan fingerprint density at radius 2 is 0.741 bits per heavy atom. The summed E-state index contributed by atoms with van der Waals surface area (Å²) in [5, 5.41) is 14.5. The Balaban J connectivity index is 1.17. The quantitative estimate of drug-likeness (QED) is 0.168. The molecule has 58 heavy (non-hydrogen) atoms. The molecule has 2 heteroatoms. The fraction of sp³-hybridized carbons (Fsp3) is 0. The highest BCUT2D eigenvalue weighted by Crippen LogP contribution is 2.45. The van der Waals surface area contributed by atoms with E-state index in [-0.39, 0.29) is 0 Å². The summed E-state index contributed by atoms with van der Waals surface area (Å²) in [6.45, 7) is 0. The normalized spacial score (nSPS) is 11.8. The highest BCUT2D eigenvalue weighted by atomic mass is 14.7. The van der Waals surface area contributed by atoms with Crippen LogP contribution in [0.25, 0.3) is 120 Å². The average molecular weight is 735 g/mol. The summed E-state index contributed by atoms with van der Waals surface area (Å²) >= 11 is 0. The minimum Gasteiger partial charge on any atom is -0.256 e. The average Bonchev–Trinajstić information content (AvgIpc) is 3.30. The van der Waals surface area contributed by atoms with Crippen LogP contribution in [0.5, 0.6) is 0 Å². The molecule has 0 spiro atoms. The van der Waals surface area contributed by atoms with Gasteiger partial charge in [-0.15, -0.1) is 0 Å². The van der Waals surface area contributed by atoms with Crippen molar-refractivity contribution in [3.63, 3.8) is 0 Å². The molecule has 12 rings (SSSR count). The Bertz CT molecular complexity index is 3610. The lowest BCUT2D eigenvalue weighted by atomic mass is 9.87. The first-order valence-corrected chi connectivity index (χ1v) is 19.9. The van der Waals surface area contributed by atoms with Gasteiger partial charge in [0.15, 0.2) is 0 Å². The first-order valence-electron chi connectivity index (χ1n) is 19.9. The third-order valence-corrected chi connectivity index (χ3v) is 12.1. The van der Waals surface area contributed by atoms with Crippen molar-refractivity contribution in [2.45, 2.75) is 0 Å². The van der Waals surface area contributed by atoms with E-state index in [0.717, 1.165) is 55.1 Å². The number of pyridine rings is 2. The molecule has 2 nitrogen and oxygen atoms in total. The molecule has 0 aliphatic heterocycles. The molecule has 10 aromatic carbocycles. The van der Waals surface area contributed by atoms with Crippen LogP contribution in [0.2, 0.25) is 0 Å². The number of hydrogen-bond acceptors (Lipinski definition) is 2. The first-order chi connectivity index (χ1) is 28.8. The lowest BCUT2D eigenvalue weighted by molar-refractivity contribution is 1.41. The highest BCUT2D eigenvalue weighted by Gasteiger charge is 2.19. The molecule has 0 saturated carbocycles. The summed E-state index contributed by atoms with van der Waals surface area (Å²) in [7, 11) is 0. The van der Waals surface area contributed by atoms with Crippen molar-refractivity contribution in [3.05, 3.63) is 206 Å². The SMILES string of the molecule is c1ccc2c(c1)cc(-c1cc(-c3ccc(-c4ccnc5ccccc45)cc3)c3cc(-c4cc5ccccc5c5ccccc45)c4ccccc4c3n1)c1ccccc12. The van der Waals surface area contributed by atoms with Crippen LogP contribution < -0.4 is 0 Å². The van der Waals surface area contributed by atoms with Crippen molar-refractivity contribution in [3.8, 4) is 44.6 Å². The Morgan fingerprint density at radius 3 is 1.40 bits per heavy atom. The number of hydrogen-bond donors (Lipinski definition) is 0. The molecule has 0 radical (unpaired) electrons. The van der Waals surface area contributed by atoms with Gasteiger partial charge in [0.25, 0.3) is 0 Å². The number of nitrogens with zero attached hydrogens (tertiary/aromatic N) is 2. The van der Waals surface area contributed by atoms with Gasteiger partial charge in [0, 0.05) is 27.9 Å². The van der Waals surface area contributed by atoms with E-state index in [4.69, 9.17) is 4.98 Å². The molecule has 2 aromatic heterocycles. The lowest BCUT2D eigenvalue weighted by Gasteiger charge is -2.18. The zero-order chi connectivity index (χ0) is 38.2. The van der Waals surface area contributed by atoms with Crippen molar-refractivity contribution in [1.29, 1.82) is 0 Å². The van der Waals surface area contributed by atoms with Gasteiger partial charge in [0.2, 0.25) is 0 Å². The standard InChI is InChI=1S/C56H34N2/c1-3-15-39-37(13-1)31-50(44-19-7-5-17-42(39)44)51-33-53-49(36-27-25-35(26-28-36)41-29-30-57-54-24-12-11-22-47(41)54)34-55(58-56(53)48-23-10-9-21-46(48)51)52-32-38-14-2-4-16-40(38)43-18-6-8-20-45(43)52/h1-34H. The van der Waals surface area contributed by atoms with Crippen LogP contribution in [0.1, 0.15) is 0 Å². The molecule has 0 aliphatic carbocycles. The summed E-state index contributed by atoms with van der Waals surface area (Å²) < 4.78 is 0. The van der Waals surface area contributed by atoms with Crippen LogP contribution in [0.3, 0.4) is 0 Å². The fourth-order valence-corrected chi connectivity index (χ4v) is 9.37. The molecule has 12 aromatic rings. The molecular weight excluding hydrogens is 701 g/mol. The maximum Gasteiger partial charge on any atom is 0.0794 e. The zero-order valence-corrected chi connectivity index (χ0v) is 31.5. The Labute approximate surface area is 335 Å². The maximum absolute atomic E-state index is 5.66. The van der Waals surface area contributed by atoms with Crippen molar-refractivity contribution < 1.29 is 0 Å². The van der Waals surface area contributed by atoms with E-state index >= 15 is 0 Å². The molecule has 0 unspecified atom stereocenters. The van der Waals surface area contributed by atoms with Crippen LogP contribution in [0.4, 0.5) is 0 Å². The Morgan fingerprint density at radius 1 is 0.276 bits per heavy atom. The molecule has 0 atom stereocenters. The number of aromatic nitrogens is 2. The predicted molar refractivity (Wildman–Crippen MR) is 246 cm³/mol. The smallest absolute Gasteiger partial charge is 0.0794 e. The molecule has 268 valence electrons. The fourth-order valence-electron chi connectivity index (χ4n) is 9.37. The summed E-state index contributed by atoms with van der Waals surface area (Å²) in [5.74, 6) is 0. The van der Waals surface area contributed by atoms with Gasteiger partial charge in [-0.05, 0) is 118 Å². The van der Waals surface area contributed by atoms with Crippen LogP contribution in [-0.2, 0) is 0 Å². The van der Waals surface area contributed by atoms with E-state index in [2.05, 4.69) is 199 Å². The van der Waals surface area contributed by atoms with Gasteiger partial charge in [-0.1, -0.05) is 164 Å². The van der Waals surface area contributed by atoms with Crippen LogP contribution in [0, 0.1) is 0 Å². The molecular formula is C56H34N2. The van der Waals surface area contributed by atoms with Crippen molar-refractivity contribution in [1.82, 2.24) is 9.97 Å². The van der Waals surface area contributed by atoms with Crippen LogP contribution >= 0.6 is 0 Å². The van der Waals surface area contributed by atoms with E-state index in [0.29, 0.717) is 0 Å². The van der Waals surface area contributed by atoms with Crippen molar-refractivity contribution >= 4 is 75.7 Å². The van der Waals surface area contributed by atoms with Gasteiger partial charge in [-0.25, -0.2) is 4.98 Å². The molecule has 0 amide bonds. The summed E-state index contributed by atoms with van der Waals surface area (Å²) in [4.78, 5) is 10.3. The summed E-state index contributed by atoms with van der Waals surface area (Å²) in [6, 6.07) is 72.8. The number of fused-ring (bicyclic) bond motifs is 10. The number of rotatable bonds is 4. The highest BCUT2D eigenvalue weighted by molar-refractivity contribution is 6.22. The van der Waals surface area contributed by atoms with Crippen molar-refractivity contribution in [2.75, 3.05) is 0 Å². The van der Waals surface area contributed by atoms with Gasteiger partial charge in [-0.3, -0.25) is 4.98 Å². The van der Waals surface area contributed by atoms with Crippen molar-refractivity contribution in [2.24, 2.45) is 0 Å². The van der Waals surface area contributed by atoms with E-state index in [1.54, 1.807) is 0 Å². The molecule has 0 N–H and O–H groups in total. The van der Waals surface area contributed by atoms with Gasteiger partial charge in [-0.2, -0.15) is 0 Å². The van der Waals surface area contributed by atoms with Crippen LogP contribution in [0.15, 0.2) is 206 Å². The minimum absolute atomic E-state index is 0.961. The van der Waals surface area contributed by atoms with E-state index in [1.807, 2.05) is 12.3 Å². The van der Waals surface area contributed by atoms with Gasteiger partial charge in [0.05, 0.1) is 16.7 Å². The van der Waals surface area contributed by atoms with Crippen LogP contribution in [-0.4, -0.2) is 9.97 Å². The molecule has 2 heterocycles. The third-order valence-electron chi connectivity index (χ3n) is 12.1. The van der Waals surface area contributed by atoms with E-state index in [9.17, 15) is 0 Å². The molecule has 0 saturated heterocycles. The second-order valence-corrected chi connectivity index (χ2v) is 15.3. The molecule has 0 aliphatic rings. The number of benzene rings is 10. The van der Waals surface area contributed by atoms with Gasteiger partial charge < -0.3 is 0 Å². The second kappa shape index (κ2) is 12.9. The maximum atomic E-state index is 5.66. The summed E-state index contributed by atoms with van der Waals surface area (Å²) in [6.07, 6.45) is 1.91. The topological polar surface area (TPSA) is 25.8 Å². The van der Waals surface area contributed by atoms with Gasteiger partial charge in [0.1, 0.15) is 0 Å². The number of para-hydroxylation sites is 1.